The fraction of sp³-hybridized carbons (Fsp3) is 0.714. The Balaban J connectivity index is 2.25. The van der Waals surface area contributed by atoms with Gasteiger partial charge in [0.15, 0.2) is 5.79 Å². The van der Waals surface area contributed by atoms with Crippen molar-refractivity contribution in [2.75, 3.05) is 6.61 Å². The van der Waals surface area contributed by atoms with E-state index in [-0.39, 0.29) is 42.6 Å². The summed E-state index contributed by atoms with van der Waals surface area (Å²) in [5, 5.41) is 0. The van der Waals surface area contributed by atoms with Gasteiger partial charge in [0.1, 0.15) is 12.2 Å². The Morgan fingerprint density at radius 2 is 1.89 bits per heavy atom. The summed E-state index contributed by atoms with van der Waals surface area (Å²) in [7, 11) is 0. The summed E-state index contributed by atoms with van der Waals surface area (Å²) < 4.78 is 23.0. The van der Waals surface area contributed by atoms with Gasteiger partial charge in [-0.1, -0.05) is 37.6 Å². The molecule has 6 nitrogen and oxygen atoms in total. The predicted molar refractivity (Wildman–Crippen MR) is 101 cm³/mol. The minimum Gasteiger partial charge on any atom is -0.465 e. The number of esters is 2. The van der Waals surface area contributed by atoms with Gasteiger partial charge in [0, 0.05) is 19.8 Å². The van der Waals surface area contributed by atoms with Crippen molar-refractivity contribution in [3.8, 4) is 0 Å². The van der Waals surface area contributed by atoms with E-state index in [0.29, 0.717) is 0 Å². The third-order valence-electron chi connectivity index (χ3n) is 4.86. The Kier molecular flexibility index (Phi) is 7.62. The van der Waals surface area contributed by atoms with Crippen LogP contribution in [0.4, 0.5) is 0 Å². The van der Waals surface area contributed by atoms with Crippen molar-refractivity contribution in [3.05, 3.63) is 24.3 Å². The van der Waals surface area contributed by atoms with Crippen LogP contribution >= 0.6 is 0 Å². The topological polar surface area (TPSA) is 71.1 Å². The maximum Gasteiger partial charge on any atom is 0.303 e. The molecule has 152 valence electrons. The van der Waals surface area contributed by atoms with Gasteiger partial charge in [-0.2, -0.15) is 0 Å². The van der Waals surface area contributed by atoms with Gasteiger partial charge in [-0.15, -0.1) is 0 Å². The molecular formula is C21H32O6. The zero-order valence-corrected chi connectivity index (χ0v) is 17.0. The largest absolute Gasteiger partial charge is 0.465 e. The number of carbonyl (C=O) groups excluding carboxylic acids is 2. The van der Waals surface area contributed by atoms with E-state index in [0.717, 1.165) is 19.3 Å². The average molecular weight is 380 g/mol. The summed E-state index contributed by atoms with van der Waals surface area (Å²) in [6, 6.07) is 0. The van der Waals surface area contributed by atoms with Crippen LogP contribution in [0.3, 0.4) is 0 Å². The Hall–Kier alpha value is -1.66. The molecule has 2 rings (SSSR count). The van der Waals surface area contributed by atoms with Gasteiger partial charge in [0.25, 0.3) is 0 Å². The summed E-state index contributed by atoms with van der Waals surface area (Å²) in [5.74, 6) is -1.62. The molecule has 0 radical (unpaired) electrons. The van der Waals surface area contributed by atoms with Crippen molar-refractivity contribution in [1.82, 2.24) is 0 Å². The van der Waals surface area contributed by atoms with Crippen LogP contribution in [0.2, 0.25) is 0 Å². The van der Waals surface area contributed by atoms with Gasteiger partial charge in [0.2, 0.25) is 0 Å². The molecule has 0 aromatic carbocycles. The lowest BCUT2D eigenvalue weighted by atomic mass is 9.74. The maximum absolute atomic E-state index is 11.7. The highest BCUT2D eigenvalue weighted by atomic mass is 16.8. The summed E-state index contributed by atoms with van der Waals surface area (Å²) in [5.41, 5.74) is 0. The van der Waals surface area contributed by atoms with E-state index in [1.54, 1.807) is 0 Å². The van der Waals surface area contributed by atoms with Crippen molar-refractivity contribution < 1.29 is 28.5 Å². The molecule has 0 N–H and O–H groups in total. The Morgan fingerprint density at radius 1 is 1.15 bits per heavy atom. The van der Waals surface area contributed by atoms with Crippen LogP contribution in [-0.4, -0.2) is 42.6 Å². The number of fused-ring (bicyclic) bond motifs is 1. The second-order valence-electron chi connectivity index (χ2n) is 7.68. The number of allylic oxidation sites excluding steroid dienone is 4. The van der Waals surface area contributed by atoms with Gasteiger partial charge in [0.05, 0.1) is 12.7 Å². The monoisotopic (exact) mass is 380 g/mol. The molecule has 27 heavy (non-hydrogen) atoms. The first-order valence-electron chi connectivity index (χ1n) is 9.73. The van der Waals surface area contributed by atoms with E-state index in [2.05, 4.69) is 19.1 Å². The number of ether oxygens (including phenoxy) is 4. The van der Waals surface area contributed by atoms with Crippen LogP contribution in [0, 0.1) is 11.8 Å². The van der Waals surface area contributed by atoms with E-state index in [1.807, 2.05) is 26.0 Å². The molecule has 2 aliphatic rings. The first-order chi connectivity index (χ1) is 12.7. The van der Waals surface area contributed by atoms with E-state index in [9.17, 15) is 9.59 Å². The third-order valence-corrected chi connectivity index (χ3v) is 4.86. The molecule has 1 heterocycles. The molecule has 0 aromatic heterocycles. The van der Waals surface area contributed by atoms with Crippen molar-refractivity contribution in [2.45, 2.75) is 78.0 Å². The lowest BCUT2D eigenvalue weighted by Gasteiger charge is -2.41. The van der Waals surface area contributed by atoms with Crippen LogP contribution in [0.15, 0.2) is 24.3 Å². The maximum atomic E-state index is 11.7. The number of hydrogen-bond donors (Lipinski definition) is 0. The van der Waals surface area contributed by atoms with Gasteiger partial charge in [-0.05, 0) is 32.6 Å². The Bertz CT molecular complexity index is 579. The summed E-state index contributed by atoms with van der Waals surface area (Å²) in [6.07, 6.45) is 10.00. The van der Waals surface area contributed by atoms with E-state index >= 15 is 0 Å². The molecule has 1 aliphatic carbocycles. The third kappa shape index (κ3) is 6.18. The number of unbranched alkanes of at least 4 members (excludes halogenated alkanes) is 1. The summed E-state index contributed by atoms with van der Waals surface area (Å²) >= 11 is 0. The Morgan fingerprint density at radius 3 is 2.52 bits per heavy atom. The molecule has 2 fully saturated rings. The highest BCUT2D eigenvalue weighted by molar-refractivity contribution is 5.66. The lowest BCUT2D eigenvalue weighted by Crippen LogP contribution is -2.52. The lowest BCUT2D eigenvalue weighted by molar-refractivity contribution is -0.180. The zero-order chi connectivity index (χ0) is 20.0. The van der Waals surface area contributed by atoms with Crippen molar-refractivity contribution in [2.24, 2.45) is 11.8 Å². The summed E-state index contributed by atoms with van der Waals surface area (Å²) in [6.45, 7) is 8.78. The second kappa shape index (κ2) is 9.51. The fourth-order valence-corrected chi connectivity index (χ4v) is 3.80. The molecule has 5 atom stereocenters. The van der Waals surface area contributed by atoms with Gasteiger partial charge >= 0.3 is 11.9 Å². The fourth-order valence-electron chi connectivity index (χ4n) is 3.80. The SMILES string of the molecule is CCC/C=C/C=C/[C@@H]1C[C@H]2OC(C)(C)O[C@H]2[C@H](OC(C)=O)[C@H]1COC(C)=O. The molecule has 0 bridgehead atoms. The van der Waals surface area contributed by atoms with Gasteiger partial charge in [-0.3, -0.25) is 9.59 Å². The molecule has 0 aromatic rings. The first-order valence-corrected chi connectivity index (χ1v) is 9.73. The molecule has 0 unspecified atom stereocenters. The van der Waals surface area contributed by atoms with Crippen LogP contribution in [0.5, 0.6) is 0 Å². The van der Waals surface area contributed by atoms with Crippen LogP contribution in [-0.2, 0) is 28.5 Å². The number of rotatable bonds is 7. The minimum absolute atomic E-state index is 0.0405. The molecule has 0 amide bonds. The van der Waals surface area contributed by atoms with E-state index < -0.39 is 11.9 Å². The van der Waals surface area contributed by atoms with Crippen LogP contribution < -0.4 is 0 Å². The van der Waals surface area contributed by atoms with Crippen LogP contribution in [0.25, 0.3) is 0 Å². The van der Waals surface area contributed by atoms with Crippen molar-refractivity contribution in [1.29, 1.82) is 0 Å². The zero-order valence-electron chi connectivity index (χ0n) is 17.0. The highest BCUT2D eigenvalue weighted by Crippen LogP contribution is 2.43. The second-order valence-corrected chi connectivity index (χ2v) is 7.68. The highest BCUT2D eigenvalue weighted by Gasteiger charge is 2.54. The normalized spacial score (nSPS) is 32.6. The number of carbonyl (C=O) groups is 2. The predicted octanol–water partition coefficient (Wildman–Crippen LogP) is 3.55. The molecule has 1 saturated heterocycles. The van der Waals surface area contributed by atoms with Crippen molar-refractivity contribution >= 4 is 11.9 Å². The first kappa shape index (κ1) is 21.6. The molecule has 0 spiro atoms. The molecule has 6 heteroatoms. The molecular weight excluding hydrogens is 348 g/mol. The smallest absolute Gasteiger partial charge is 0.303 e. The Labute approximate surface area is 161 Å². The summed E-state index contributed by atoms with van der Waals surface area (Å²) in [4.78, 5) is 23.1. The van der Waals surface area contributed by atoms with Crippen LogP contribution in [0.1, 0.15) is 53.9 Å². The minimum atomic E-state index is -0.737. The van der Waals surface area contributed by atoms with Gasteiger partial charge in [-0.25, -0.2) is 0 Å². The van der Waals surface area contributed by atoms with Crippen molar-refractivity contribution in [3.63, 3.8) is 0 Å². The molecule has 1 saturated carbocycles. The average Bonchev–Trinajstić information content (AvgIpc) is 2.87. The molecule has 1 aliphatic heterocycles. The van der Waals surface area contributed by atoms with Gasteiger partial charge < -0.3 is 18.9 Å². The quantitative estimate of drug-likeness (QED) is 0.497. The number of hydrogen-bond acceptors (Lipinski definition) is 6. The standard InChI is InChI=1S/C21H32O6/c1-6-7-8-9-10-11-16-12-18-20(27-21(4,5)26-18)19(25-15(3)23)17(16)13-24-14(2)22/h8-11,16-20H,6-7,12-13H2,1-5H3/b9-8+,11-10+/t16-,17+,18-,19-,20-/m1/s1. The van der Waals surface area contributed by atoms with E-state index in [4.69, 9.17) is 18.9 Å². The van der Waals surface area contributed by atoms with E-state index in [1.165, 1.54) is 13.8 Å².